The molecule has 48 valence electrons. The van der Waals surface area contributed by atoms with Gasteiger partial charge in [0.2, 0.25) is 0 Å². The molecular weight excluding hydrogens is 222 g/mol. The molecule has 0 amide bonds. The second-order valence-electron chi connectivity index (χ2n) is 2.56. The Morgan fingerprint density at radius 3 is 3.12 bits per heavy atom. The summed E-state index contributed by atoms with van der Waals surface area (Å²) in [5.74, 6) is 1.11. The van der Waals surface area contributed by atoms with Crippen LogP contribution in [0.5, 0.6) is 0 Å². The molecule has 0 nitrogen and oxygen atoms in total. The van der Waals surface area contributed by atoms with Crippen LogP contribution in [-0.4, -0.2) is 27.4 Å². The summed E-state index contributed by atoms with van der Waals surface area (Å²) < 4.78 is 0. The molecule has 0 aliphatic carbocycles. The van der Waals surface area contributed by atoms with Crippen LogP contribution in [0.15, 0.2) is 0 Å². The van der Waals surface area contributed by atoms with Crippen molar-refractivity contribution in [2.75, 3.05) is 0 Å². The number of rotatable bonds is 0. The molecule has 0 saturated carbocycles. The van der Waals surface area contributed by atoms with Crippen molar-refractivity contribution in [2.45, 2.75) is 30.2 Å². The second-order valence-corrected chi connectivity index (χ2v) is 13.7. The molecule has 2 heteroatoms. The first-order valence-electron chi connectivity index (χ1n) is 3.35. The van der Waals surface area contributed by atoms with Gasteiger partial charge in [0, 0.05) is 0 Å². The number of hydrogen-bond donors (Lipinski definition) is 0. The van der Waals surface area contributed by atoms with Crippen molar-refractivity contribution in [3.8, 4) is 0 Å². The molecule has 0 N–H and O–H groups in total. The summed E-state index contributed by atoms with van der Waals surface area (Å²) in [7, 11) is 0. The summed E-state index contributed by atoms with van der Waals surface area (Å²) in [4.78, 5) is 0. The molecule has 1 aliphatic heterocycles. The average Bonchev–Trinajstić information content (AvgIpc) is 1.94. The molecule has 0 aromatic rings. The summed E-state index contributed by atoms with van der Waals surface area (Å²) in [5, 5.41) is 3.34. The third kappa shape index (κ3) is 2.60. The molecule has 0 radical (unpaired) electrons. The van der Waals surface area contributed by atoms with E-state index in [9.17, 15) is 0 Å². The van der Waals surface area contributed by atoms with Crippen LogP contribution in [0.1, 0.15) is 19.8 Å². The zero-order valence-corrected chi connectivity index (χ0v) is 9.60. The maximum atomic E-state index is 2.43. The Bertz CT molecular complexity index is 55.5. The van der Waals surface area contributed by atoms with Gasteiger partial charge in [0.1, 0.15) is 0 Å². The van der Waals surface area contributed by atoms with Crippen molar-refractivity contribution in [1.82, 2.24) is 0 Å². The van der Waals surface area contributed by atoms with Crippen LogP contribution in [0.25, 0.3) is 0 Å². The quantitative estimate of drug-likeness (QED) is 0.551. The summed E-state index contributed by atoms with van der Waals surface area (Å²) >= 11 is 1.33. The van der Waals surface area contributed by atoms with Crippen molar-refractivity contribution in [3.63, 3.8) is 0 Å². The molecule has 0 spiro atoms. The van der Waals surface area contributed by atoms with E-state index in [4.69, 9.17) is 0 Å². The first-order valence-corrected chi connectivity index (χ1v) is 12.8. The Balaban J connectivity index is 2.17. The van der Waals surface area contributed by atoms with Gasteiger partial charge in [-0.05, 0) is 0 Å². The summed E-state index contributed by atoms with van der Waals surface area (Å²) in [5.41, 5.74) is 0. The Hall–Kier alpha value is 1.12. The first kappa shape index (κ1) is 7.23. The standard InChI is InChI=1S/C6H14As2/c1-6-3-2-4-7-8-5-6/h6-8H,2-5H2,1H3. The van der Waals surface area contributed by atoms with Crippen LogP contribution in [0, 0.1) is 5.92 Å². The van der Waals surface area contributed by atoms with Gasteiger partial charge in [-0.2, -0.15) is 0 Å². The fraction of sp³-hybridized carbons (Fsp3) is 1.00. The monoisotopic (exact) mass is 236 g/mol. The van der Waals surface area contributed by atoms with Crippen molar-refractivity contribution >= 4 is 27.4 Å². The first-order chi connectivity index (χ1) is 3.89. The molecule has 3 unspecified atom stereocenters. The molecular formula is C6H14As2. The molecule has 0 aromatic carbocycles. The predicted octanol–water partition coefficient (Wildman–Crippen LogP) is 1.04. The number of hydrogen-bond acceptors (Lipinski definition) is 0. The van der Waals surface area contributed by atoms with Crippen LogP contribution in [0.2, 0.25) is 10.4 Å². The molecule has 0 bridgehead atoms. The fourth-order valence-electron chi connectivity index (χ4n) is 0.976. The summed E-state index contributed by atoms with van der Waals surface area (Å²) in [6.07, 6.45) is 3.12. The van der Waals surface area contributed by atoms with Crippen LogP contribution >= 0.6 is 0 Å². The van der Waals surface area contributed by atoms with E-state index in [0.717, 1.165) is 5.92 Å². The van der Waals surface area contributed by atoms with E-state index in [-0.39, 0.29) is 0 Å². The van der Waals surface area contributed by atoms with Crippen molar-refractivity contribution in [1.29, 1.82) is 0 Å². The van der Waals surface area contributed by atoms with E-state index in [1.54, 1.807) is 23.3 Å². The van der Waals surface area contributed by atoms with Crippen LogP contribution in [0.4, 0.5) is 0 Å². The van der Waals surface area contributed by atoms with Gasteiger partial charge in [0.05, 0.1) is 0 Å². The normalized spacial score (nSPS) is 37.9. The third-order valence-corrected chi connectivity index (χ3v) is 12.9. The van der Waals surface area contributed by atoms with E-state index in [1.165, 1.54) is 0 Å². The Morgan fingerprint density at radius 2 is 2.25 bits per heavy atom. The average molecular weight is 236 g/mol. The van der Waals surface area contributed by atoms with Crippen molar-refractivity contribution in [3.05, 3.63) is 0 Å². The third-order valence-electron chi connectivity index (χ3n) is 1.57. The SMILES string of the molecule is CC1CCC[AsH][AsH]C1. The van der Waals surface area contributed by atoms with E-state index in [0.29, 0.717) is 27.4 Å². The van der Waals surface area contributed by atoms with Gasteiger partial charge in [-0.3, -0.25) is 0 Å². The topological polar surface area (TPSA) is 0 Å². The zero-order chi connectivity index (χ0) is 5.82. The van der Waals surface area contributed by atoms with Gasteiger partial charge in [0.15, 0.2) is 0 Å². The van der Waals surface area contributed by atoms with Gasteiger partial charge in [-0.1, -0.05) is 0 Å². The Morgan fingerprint density at radius 1 is 1.38 bits per heavy atom. The minimum absolute atomic E-state index is 0.657. The van der Waals surface area contributed by atoms with E-state index >= 15 is 0 Å². The molecule has 1 heterocycles. The molecule has 1 saturated heterocycles. The van der Waals surface area contributed by atoms with Gasteiger partial charge in [-0.15, -0.1) is 0 Å². The Labute approximate surface area is 63.5 Å². The second kappa shape index (κ2) is 4.02. The molecule has 3 atom stereocenters. The zero-order valence-electron chi connectivity index (χ0n) is 5.41. The minimum atomic E-state index is 0.657. The van der Waals surface area contributed by atoms with Crippen molar-refractivity contribution in [2.24, 2.45) is 5.92 Å². The fourth-order valence-corrected chi connectivity index (χ4v) is 12.8. The van der Waals surface area contributed by atoms with Crippen LogP contribution < -0.4 is 0 Å². The van der Waals surface area contributed by atoms with Gasteiger partial charge in [0.25, 0.3) is 0 Å². The maximum absolute atomic E-state index is 2.43. The summed E-state index contributed by atoms with van der Waals surface area (Å²) in [6, 6.07) is 0. The van der Waals surface area contributed by atoms with Gasteiger partial charge < -0.3 is 0 Å². The van der Waals surface area contributed by atoms with Crippen LogP contribution in [0.3, 0.4) is 0 Å². The van der Waals surface area contributed by atoms with Crippen molar-refractivity contribution < 1.29 is 0 Å². The molecule has 8 heavy (non-hydrogen) atoms. The summed E-state index contributed by atoms with van der Waals surface area (Å²) in [6.45, 7) is 2.43. The Kier molecular flexibility index (Phi) is 3.63. The van der Waals surface area contributed by atoms with E-state index in [2.05, 4.69) is 6.92 Å². The van der Waals surface area contributed by atoms with E-state index in [1.807, 2.05) is 0 Å². The predicted molar refractivity (Wildman–Crippen MR) is 42.3 cm³/mol. The van der Waals surface area contributed by atoms with Gasteiger partial charge >= 0.3 is 63.5 Å². The molecule has 1 fully saturated rings. The molecule has 1 aliphatic rings. The van der Waals surface area contributed by atoms with Crippen LogP contribution in [-0.2, 0) is 0 Å². The molecule has 1 rings (SSSR count). The van der Waals surface area contributed by atoms with Gasteiger partial charge in [-0.25, -0.2) is 0 Å². The molecule has 0 aromatic heterocycles. The van der Waals surface area contributed by atoms with E-state index < -0.39 is 0 Å².